The summed E-state index contributed by atoms with van der Waals surface area (Å²) in [5.41, 5.74) is 6.41. The molecule has 8 nitrogen and oxygen atoms in total. The molecule has 0 aliphatic heterocycles. The van der Waals surface area contributed by atoms with Crippen LogP contribution >= 0.6 is 7.75 Å². The number of guanidine groups is 1. The molecule has 132 valence electrons. The van der Waals surface area contributed by atoms with Crippen molar-refractivity contribution in [2.75, 3.05) is 6.54 Å². The van der Waals surface area contributed by atoms with Gasteiger partial charge >= 0.3 is 7.75 Å². The summed E-state index contributed by atoms with van der Waals surface area (Å²) in [5, 5.41) is 3.20. The first-order chi connectivity index (χ1) is 12.0. The van der Waals surface area contributed by atoms with E-state index in [4.69, 9.17) is 16.1 Å². The van der Waals surface area contributed by atoms with Crippen LogP contribution in [0, 0.1) is 0 Å². The van der Waals surface area contributed by atoms with Gasteiger partial charge in [-0.2, -0.15) is 0 Å². The van der Waals surface area contributed by atoms with Gasteiger partial charge in [0.15, 0.2) is 0 Å². The molecule has 0 bridgehead atoms. The number of para-hydroxylation sites is 1. The summed E-state index contributed by atoms with van der Waals surface area (Å²) in [5.74, 6) is 5.08. The predicted octanol–water partition coefficient (Wildman–Crippen LogP) is 1.93. The van der Waals surface area contributed by atoms with Crippen LogP contribution in [-0.2, 0) is 11.0 Å². The summed E-state index contributed by atoms with van der Waals surface area (Å²) in [6.07, 6.45) is 1.62. The monoisotopic (exact) mass is 361 g/mol. The Bertz CT molecular complexity index is 768. The molecule has 0 saturated heterocycles. The van der Waals surface area contributed by atoms with Crippen molar-refractivity contribution in [2.45, 2.75) is 6.42 Å². The molecule has 0 aromatic heterocycles. The normalized spacial score (nSPS) is 14.2. The van der Waals surface area contributed by atoms with Crippen molar-refractivity contribution in [1.82, 2.24) is 4.67 Å². The van der Waals surface area contributed by atoms with Crippen molar-refractivity contribution >= 4 is 20.0 Å². The van der Waals surface area contributed by atoms with Crippen molar-refractivity contribution in [2.24, 2.45) is 21.7 Å². The minimum atomic E-state index is -4.20. The van der Waals surface area contributed by atoms with Crippen molar-refractivity contribution < 1.29 is 14.0 Å². The Morgan fingerprint density at radius 1 is 1.16 bits per heavy atom. The van der Waals surface area contributed by atoms with E-state index >= 15 is 0 Å². The van der Waals surface area contributed by atoms with E-state index in [0.717, 1.165) is 16.6 Å². The van der Waals surface area contributed by atoms with E-state index in [1.165, 1.54) is 0 Å². The van der Waals surface area contributed by atoms with E-state index in [-0.39, 0.29) is 18.3 Å². The Balaban J connectivity index is 2.17. The van der Waals surface area contributed by atoms with Gasteiger partial charge < -0.3 is 16.1 Å². The first-order valence-corrected chi connectivity index (χ1v) is 9.00. The second-order valence-corrected chi connectivity index (χ2v) is 6.70. The molecular weight excluding hydrogens is 341 g/mol. The van der Waals surface area contributed by atoms with Crippen molar-refractivity contribution in [3.8, 4) is 5.75 Å². The highest BCUT2D eigenvalue weighted by molar-refractivity contribution is 7.51. The van der Waals surface area contributed by atoms with Gasteiger partial charge in [-0.25, -0.2) is 9.56 Å². The van der Waals surface area contributed by atoms with E-state index in [9.17, 15) is 9.46 Å². The second-order valence-electron chi connectivity index (χ2n) is 5.03. The molecule has 0 amide bonds. The molecule has 0 fully saturated rings. The van der Waals surface area contributed by atoms with E-state index < -0.39 is 7.75 Å². The molecule has 0 saturated carbocycles. The van der Waals surface area contributed by atoms with Crippen LogP contribution in [0.1, 0.15) is 5.56 Å². The van der Waals surface area contributed by atoms with Gasteiger partial charge in [-0.15, -0.1) is 5.10 Å². The fourth-order valence-electron chi connectivity index (χ4n) is 1.97. The van der Waals surface area contributed by atoms with Crippen LogP contribution in [0.3, 0.4) is 0 Å². The third-order valence-electron chi connectivity index (χ3n) is 3.22. The quantitative estimate of drug-likeness (QED) is 0.227. The van der Waals surface area contributed by atoms with Crippen LogP contribution in [0.2, 0.25) is 0 Å². The molecule has 2 aromatic carbocycles. The maximum absolute atomic E-state index is 12.7. The van der Waals surface area contributed by atoms with Gasteiger partial charge in [-0.05, 0) is 24.1 Å². The van der Waals surface area contributed by atoms with Crippen LogP contribution in [0.25, 0.3) is 0 Å². The molecule has 2 aromatic rings. The van der Waals surface area contributed by atoms with Gasteiger partial charge in [-0.1, -0.05) is 48.5 Å². The zero-order chi connectivity index (χ0) is 18.1. The highest BCUT2D eigenvalue weighted by Gasteiger charge is 2.29. The minimum absolute atomic E-state index is 0.186. The first-order valence-electron chi connectivity index (χ1n) is 7.47. The SMILES string of the molecule is NN=C(N)N=CN(CCc1ccccc1)P(=O)(O)Oc1ccccc1. The van der Waals surface area contributed by atoms with Crippen molar-refractivity contribution in [3.05, 3.63) is 66.2 Å². The lowest BCUT2D eigenvalue weighted by molar-refractivity contribution is 0.326. The summed E-state index contributed by atoms with van der Waals surface area (Å²) >= 11 is 0. The molecule has 0 aliphatic rings. The number of benzene rings is 2. The summed E-state index contributed by atoms with van der Waals surface area (Å²) in [4.78, 5) is 14.1. The molecule has 9 heteroatoms. The summed E-state index contributed by atoms with van der Waals surface area (Å²) < 4.78 is 19.0. The topological polar surface area (TPSA) is 127 Å². The molecule has 25 heavy (non-hydrogen) atoms. The van der Waals surface area contributed by atoms with E-state index in [1.54, 1.807) is 30.3 Å². The molecule has 5 N–H and O–H groups in total. The summed E-state index contributed by atoms with van der Waals surface area (Å²) in [7, 11) is -4.20. The molecule has 0 aliphatic carbocycles. The lowest BCUT2D eigenvalue weighted by Gasteiger charge is -2.24. The lowest BCUT2D eigenvalue weighted by atomic mass is 10.1. The number of hydrazone groups is 1. The number of hydrogen-bond donors (Lipinski definition) is 3. The van der Waals surface area contributed by atoms with Crippen LogP contribution in [-0.4, -0.2) is 28.4 Å². The Labute approximate surface area is 146 Å². The predicted molar refractivity (Wildman–Crippen MR) is 98.0 cm³/mol. The average Bonchev–Trinajstić information content (AvgIpc) is 2.62. The molecule has 2 rings (SSSR count). The van der Waals surface area contributed by atoms with Gasteiger partial charge in [-0.3, -0.25) is 9.56 Å². The number of rotatable bonds is 7. The second kappa shape index (κ2) is 8.86. The van der Waals surface area contributed by atoms with E-state index in [1.807, 2.05) is 30.3 Å². The lowest BCUT2D eigenvalue weighted by Crippen LogP contribution is -2.25. The van der Waals surface area contributed by atoms with Crippen LogP contribution in [0.4, 0.5) is 0 Å². The Hall–Kier alpha value is -2.83. The van der Waals surface area contributed by atoms with Crippen LogP contribution in [0.15, 0.2) is 70.8 Å². The van der Waals surface area contributed by atoms with Gasteiger partial charge in [0.25, 0.3) is 0 Å². The molecule has 0 spiro atoms. The minimum Gasteiger partial charge on any atom is -0.409 e. The Morgan fingerprint density at radius 3 is 2.36 bits per heavy atom. The highest BCUT2D eigenvalue weighted by atomic mass is 31.2. The molecule has 0 radical (unpaired) electrons. The first kappa shape index (κ1) is 18.5. The maximum atomic E-state index is 12.7. The number of nitrogens with two attached hydrogens (primary N) is 2. The zero-order valence-electron chi connectivity index (χ0n) is 13.5. The highest BCUT2D eigenvalue weighted by Crippen LogP contribution is 2.45. The summed E-state index contributed by atoms with van der Waals surface area (Å²) in [6, 6.07) is 17.9. The maximum Gasteiger partial charge on any atom is 0.487 e. The Kier molecular flexibility index (Phi) is 6.56. The van der Waals surface area contributed by atoms with E-state index in [2.05, 4.69) is 10.1 Å². The molecule has 0 heterocycles. The van der Waals surface area contributed by atoms with Crippen LogP contribution in [0.5, 0.6) is 5.75 Å². The molecular formula is C16H20N5O3P. The van der Waals surface area contributed by atoms with Crippen molar-refractivity contribution in [3.63, 3.8) is 0 Å². The van der Waals surface area contributed by atoms with Crippen molar-refractivity contribution in [1.29, 1.82) is 0 Å². The summed E-state index contributed by atoms with van der Waals surface area (Å²) in [6.45, 7) is 0.186. The molecule has 1 atom stereocenters. The number of nitrogens with zero attached hydrogens (tertiary/aromatic N) is 3. The van der Waals surface area contributed by atoms with E-state index in [0.29, 0.717) is 6.42 Å². The third-order valence-corrected chi connectivity index (χ3v) is 4.62. The van der Waals surface area contributed by atoms with Gasteiger partial charge in [0, 0.05) is 6.54 Å². The number of hydrogen-bond acceptors (Lipinski definition) is 4. The average molecular weight is 361 g/mol. The smallest absolute Gasteiger partial charge is 0.409 e. The van der Waals surface area contributed by atoms with Crippen LogP contribution < -0.4 is 16.1 Å². The fourth-order valence-corrected chi connectivity index (χ4v) is 3.00. The third kappa shape index (κ3) is 5.95. The standard InChI is InChI=1S/C16H20N5O3P/c17-16(20-18)19-13-21(12-11-14-7-3-1-4-8-14)25(22,23)24-15-9-5-2-6-10-15/h1-10,13H,11-12,18H2,(H2,17,20)(H,22,23). The van der Waals surface area contributed by atoms with Gasteiger partial charge in [0.2, 0.25) is 5.96 Å². The Morgan fingerprint density at radius 2 is 1.76 bits per heavy atom. The van der Waals surface area contributed by atoms with Gasteiger partial charge in [0.05, 0.1) is 0 Å². The van der Waals surface area contributed by atoms with Gasteiger partial charge in [0.1, 0.15) is 12.1 Å². The number of aliphatic imine (C=N–C) groups is 1. The fraction of sp³-hybridized carbons (Fsp3) is 0.125. The largest absolute Gasteiger partial charge is 0.487 e. The molecule has 1 unspecified atom stereocenters. The zero-order valence-corrected chi connectivity index (χ0v) is 14.4.